The largest absolute Gasteiger partial charge is 0.441 e. The van der Waals surface area contributed by atoms with Crippen molar-refractivity contribution in [3.63, 3.8) is 0 Å². The van der Waals surface area contributed by atoms with E-state index >= 15 is 0 Å². The molecule has 0 bridgehead atoms. The molecule has 0 N–H and O–H groups in total. The van der Waals surface area contributed by atoms with Crippen LogP contribution in [0.2, 0.25) is 0 Å². The Morgan fingerprint density at radius 3 is 2.35 bits per heavy atom. The Hall–Kier alpha value is -2.09. The van der Waals surface area contributed by atoms with Crippen molar-refractivity contribution in [3.05, 3.63) is 53.9 Å². The van der Waals surface area contributed by atoms with Crippen LogP contribution in [0.25, 0.3) is 22.2 Å². The van der Waals surface area contributed by atoms with Gasteiger partial charge in [-0.3, -0.25) is 0 Å². The van der Waals surface area contributed by atoms with E-state index in [1.807, 2.05) is 32.9 Å². The van der Waals surface area contributed by atoms with Crippen molar-refractivity contribution in [2.45, 2.75) is 34.1 Å². The van der Waals surface area contributed by atoms with Crippen molar-refractivity contribution in [2.24, 2.45) is 0 Å². The number of oxazole rings is 1. The molecule has 104 valence electrons. The molecular formula is C18H21NO. The van der Waals surface area contributed by atoms with Gasteiger partial charge in [0.1, 0.15) is 5.76 Å². The fraction of sp³-hybridized carbons (Fsp3) is 0.278. The maximum Gasteiger partial charge on any atom is 0.226 e. The van der Waals surface area contributed by atoms with Gasteiger partial charge in [0.2, 0.25) is 5.89 Å². The lowest BCUT2D eigenvalue weighted by atomic mass is 10.1. The summed E-state index contributed by atoms with van der Waals surface area (Å²) >= 11 is 0. The number of rotatable bonds is 2. The van der Waals surface area contributed by atoms with Crippen LogP contribution in [0.4, 0.5) is 0 Å². The first kappa shape index (κ1) is 14.3. The average molecular weight is 267 g/mol. The highest BCUT2D eigenvalue weighted by molar-refractivity contribution is 5.86. The highest BCUT2D eigenvalue weighted by Crippen LogP contribution is 2.25. The van der Waals surface area contributed by atoms with Crippen LogP contribution < -0.4 is 0 Å². The van der Waals surface area contributed by atoms with Gasteiger partial charge in [0.15, 0.2) is 0 Å². The second-order valence-electron chi connectivity index (χ2n) is 4.44. The predicted octanol–water partition coefficient (Wildman–Crippen LogP) is 5.39. The summed E-state index contributed by atoms with van der Waals surface area (Å²) in [7, 11) is 0. The van der Waals surface area contributed by atoms with Crippen molar-refractivity contribution >= 4 is 10.8 Å². The lowest BCUT2D eigenvalue weighted by Crippen LogP contribution is -1.83. The molecule has 0 radical (unpaired) electrons. The molecule has 2 heteroatoms. The molecule has 2 nitrogen and oxygen atoms in total. The zero-order chi connectivity index (χ0) is 14.5. The van der Waals surface area contributed by atoms with E-state index in [-0.39, 0.29) is 0 Å². The molecule has 20 heavy (non-hydrogen) atoms. The predicted molar refractivity (Wildman–Crippen MR) is 84.9 cm³/mol. The molecule has 1 aromatic heterocycles. The first-order valence-corrected chi connectivity index (χ1v) is 7.23. The van der Waals surface area contributed by atoms with Crippen molar-refractivity contribution in [3.8, 4) is 11.5 Å². The second-order valence-corrected chi connectivity index (χ2v) is 4.44. The zero-order valence-corrected chi connectivity index (χ0v) is 12.6. The van der Waals surface area contributed by atoms with Crippen LogP contribution in [0, 0.1) is 6.92 Å². The lowest BCUT2D eigenvalue weighted by Gasteiger charge is -1.99. The molecule has 0 atom stereocenters. The zero-order valence-electron chi connectivity index (χ0n) is 12.6. The third kappa shape index (κ3) is 2.74. The second kappa shape index (κ2) is 6.38. The summed E-state index contributed by atoms with van der Waals surface area (Å²) < 4.78 is 5.73. The quantitative estimate of drug-likeness (QED) is 0.622. The minimum atomic E-state index is 0.718. The van der Waals surface area contributed by atoms with E-state index in [1.165, 1.54) is 10.8 Å². The van der Waals surface area contributed by atoms with Crippen LogP contribution in [0.15, 0.2) is 46.9 Å². The van der Waals surface area contributed by atoms with Crippen LogP contribution in [-0.4, -0.2) is 4.98 Å². The molecule has 3 aromatic rings. The van der Waals surface area contributed by atoms with E-state index in [9.17, 15) is 0 Å². The SMILES string of the molecule is CC.CCc1nc(-c2ccc3ccccc3c2)oc1C. The van der Waals surface area contributed by atoms with Crippen molar-refractivity contribution in [1.29, 1.82) is 0 Å². The summed E-state index contributed by atoms with van der Waals surface area (Å²) in [5, 5.41) is 2.45. The number of hydrogen-bond acceptors (Lipinski definition) is 2. The Labute approximate surface area is 120 Å². The summed E-state index contributed by atoms with van der Waals surface area (Å²) in [6.45, 7) is 8.06. The maximum atomic E-state index is 5.73. The molecule has 1 heterocycles. The van der Waals surface area contributed by atoms with Crippen LogP contribution in [-0.2, 0) is 6.42 Å². The molecule has 0 aliphatic carbocycles. The summed E-state index contributed by atoms with van der Waals surface area (Å²) in [4.78, 5) is 4.54. The Kier molecular flexibility index (Phi) is 4.57. The topological polar surface area (TPSA) is 26.0 Å². The van der Waals surface area contributed by atoms with Crippen LogP contribution in [0.5, 0.6) is 0 Å². The van der Waals surface area contributed by atoms with Crippen LogP contribution in [0.3, 0.4) is 0 Å². The Balaban J connectivity index is 0.000000704. The average Bonchev–Trinajstić information content (AvgIpc) is 2.90. The van der Waals surface area contributed by atoms with E-state index in [1.54, 1.807) is 0 Å². The molecule has 2 aromatic carbocycles. The minimum absolute atomic E-state index is 0.718. The summed E-state index contributed by atoms with van der Waals surface area (Å²) in [6.07, 6.45) is 0.906. The number of nitrogens with zero attached hydrogens (tertiary/aromatic N) is 1. The van der Waals surface area contributed by atoms with Crippen molar-refractivity contribution in [1.82, 2.24) is 4.98 Å². The Bertz CT molecular complexity index is 697. The third-order valence-electron chi connectivity index (χ3n) is 3.22. The number of hydrogen-bond donors (Lipinski definition) is 0. The van der Waals surface area contributed by atoms with Gasteiger partial charge >= 0.3 is 0 Å². The summed E-state index contributed by atoms with van der Waals surface area (Å²) in [5.41, 5.74) is 2.08. The van der Waals surface area contributed by atoms with Gasteiger partial charge in [-0.15, -0.1) is 0 Å². The highest BCUT2D eigenvalue weighted by Gasteiger charge is 2.10. The molecule has 0 saturated carbocycles. The molecule has 0 aliphatic heterocycles. The van der Waals surface area contributed by atoms with E-state index in [4.69, 9.17) is 4.42 Å². The van der Waals surface area contributed by atoms with Crippen molar-refractivity contribution < 1.29 is 4.42 Å². The molecule has 0 spiro atoms. The van der Waals surface area contributed by atoms with Gasteiger partial charge in [-0.2, -0.15) is 0 Å². The van der Waals surface area contributed by atoms with E-state index in [2.05, 4.69) is 42.2 Å². The van der Waals surface area contributed by atoms with Gasteiger partial charge in [0.25, 0.3) is 0 Å². The van der Waals surface area contributed by atoms with Gasteiger partial charge in [-0.05, 0) is 36.2 Å². The summed E-state index contributed by atoms with van der Waals surface area (Å²) in [6, 6.07) is 14.6. The third-order valence-corrected chi connectivity index (χ3v) is 3.22. The van der Waals surface area contributed by atoms with Crippen LogP contribution in [0.1, 0.15) is 32.2 Å². The Morgan fingerprint density at radius 1 is 1.00 bits per heavy atom. The van der Waals surface area contributed by atoms with Crippen molar-refractivity contribution in [2.75, 3.05) is 0 Å². The van der Waals surface area contributed by atoms with Crippen LogP contribution >= 0.6 is 0 Å². The molecule has 0 unspecified atom stereocenters. The number of aromatic nitrogens is 1. The maximum absolute atomic E-state index is 5.73. The first-order valence-electron chi connectivity index (χ1n) is 7.23. The van der Waals surface area contributed by atoms with E-state index in [0.29, 0.717) is 0 Å². The lowest BCUT2D eigenvalue weighted by molar-refractivity contribution is 0.540. The molecule has 3 rings (SSSR count). The fourth-order valence-corrected chi connectivity index (χ4v) is 2.20. The molecule has 0 fully saturated rings. The fourth-order valence-electron chi connectivity index (χ4n) is 2.20. The van der Waals surface area contributed by atoms with Gasteiger partial charge in [0.05, 0.1) is 5.69 Å². The number of fused-ring (bicyclic) bond motifs is 1. The molecule has 0 amide bonds. The highest BCUT2D eigenvalue weighted by atomic mass is 16.4. The first-order chi connectivity index (χ1) is 9.78. The van der Waals surface area contributed by atoms with Gasteiger partial charge in [-0.25, -0.2) is 4.98 Å². The molecule has 0 saturated heterocycles. The monoisotopic (exact) mass is 267 g/mol. The molecule has 0 aliphatic rings. The van der Waals surface area contributed by atoms with Gasteiger partial charge < -0.3 is 4.42 Å². The minimum Gasteiger partial charge on any atom is -0.441 e. The molecular weight excluding hydrogens is 246 g/mol. The number of aryl methyl sites for hydroxylation is 2. The smallest absolute Gasteiger partial charge is 0.226 e. The standard InChI is InChI=1S/C16H15NO.C2H6/c1-3-15-11(2)18-16(17-15)14-9-8-12-6-4-5-7-13(12)10-14;1-2/h4-10H,3H2,1-2H3;1-2H3. The normalized spacial score (nSPS) is 10.2. The number of benzene rings is 2. The van der Waals surface area contributed by atoms with E-state index in [0.717, 1.165) is 29.3 Å². The van der Waals surface area contributed by atoms with E-state index < -0.39 is 0 Å². The Morgan fingerprint density at radius 2 is 1.70 bits per heavy atom. The van der Waals surface area contributed by atoms with Gasteiger partial charge in [0, 0.05) is 5.56 Å². The van der Waals surface area contributed by atoms with Gasteiger partial charge in [-0.1, -0.05) is 51.1 Å². The summed E-state index contributed by atoms with van der Waals surface area (Å²) in [5.74, 6) is 1.63.